The van der Waals surface area contributed by atoms with Crippen molar-refractivity contribution in [2.45, 2.75) is 39.3 Å². The molecule has 2 N–H and O–H groups in total. The Hall–Kier alpha value is -1.69. The lowest BCUT2D eigenvalue weighted by atomic mass is 10.2. The van der Waals surface area contributed by atoms with Gasteiger partial charge in [-0.25, -0.2) is 9.97 Å². The van der Waals surface area contributed by atoms with Crippen LogP contribution in [-0.4, -0.2) is 28.0 Å². The minimum absolute atomic E-state index is 0.0173. The topological polar surface area (TPSA) is 66.9 Å². The normalized spacial score (nSPS) is 14.1. The van der Waals surface area contributed by atoms with Crippen molar-refractivity contribution in [3.05, 3.63) is 17.8 Å². The Bertz CT molecular complexity index is 569. The number of carbonyl (C=O) groups is 1. The average molecular weight is 278 g/mol. The van der Waals surface area contributed by atoms with E-state index in [9.17, 15) is 4.79 Å². The third-order valence-electron chi connectivity index (χ3n) is 3.01. The number of amides is 1. The fraction of sp³-hybridized carbons (Fsp3) is 0.462. The number of nitrogens with one attached hydrogen (secondary N) is 2. The molecule has 1 amide bonds. The predicted octanol–water partition coefficient (Wildman–Crippen LogP) is 2.41. The Morgan fingerprint density at radius 3 is 2.95 bits per heavy atom. The van der Waals surface area contributed by atoms with Gasteiger partial charge in [0.2, 0.25) is 5.91 Å². The van der Waals surface area contributed by atoms with E-state index in [2.05, 4.69) is 20.6 Å². The minimum atomic E-state index is -0.327. The number of rotatable bonds is 5. The summed E-state index contributed by atoms with van der Waals surface area (Å²) in [7, 11) is 0. The average Bonchev–Trinajstić information content (AvgIpc) is 2.87. The molecule has 2 heterocycles. The molecule has 2 aromatic heterocycles. The van der Waals surface area contributed by atoms with Crippen LogP contribution in [-0.2, 0) is 4.79 Å². The minimum Gasteiger partial charge on any atom is -0.358 e. The number of nitrogens with zero attached hydrogens (tertiary/aromatic N) is 2. The highest BCUT2D eigenvalue weighted by molar-refractivity contribution is 7.16. The Morgan fingerprint density at radius 1 is 1.42 bits per heavy atom. The van der Waals surface area contributed by atoms with Gasteiger partial charge < -0.3 is 10.6 Å². The summed E-state index contributed by atoms with van der Waals surface area (Å²) in [5, 5.41) is 9.01. The molecule has 19 heavy (non-hydrogen) atoms. The van der Waals surface area contributed by atoms with Crippen LogP contribution in [0, 0.1) is 0 Å². The highest BCUT2D eigenvalue weighted by Gasteiger charge is 2.16. The number of fused-ring (bicyclic) bond motifs is 1. The van der Waals surface area contributed by atoms with E-state index in [-0.39, 0.29) is 18.0 Å². The molecule has 0 aliphatic carbocycles. The maximum Gasteiger partial charge on any atom is 0.242 e. The molecule has 2 unspecified atom stereocenters. The molecular formula is C13H18N4OS. The monoisotopic (exact) mass is 278 g/mol. The van der Waals surface area contributed by atoms with Crippen molar-refractivity contribution in [3.63, 3.8) is 0 Å². The zero-order valence-electron chi connectivity index (χ0n) is 11.3. The van der Waals surface area contributed by atoms with Crippen LogP contribution in [0.2, 0.25) is 0 Å². The molecule has 6 heteroatoms. The summed E-state index contributed by atoms with van der Waals surface area (Å²) < 4.78 is 0. The number of hydrogen-bond donors (Lipinski definition) is 2. The molecule has 5 nitrogen and oxygen atoms in total. The van der Waals surface area contributed by atoms with Gasteiger partial charge in [-0.05, 0) is 31.7 Å². The molecule has 2 atom stereocenters. The Balaban J connectivity index is 2.08. The molecule has 102 valence electrons. The van der Waals surface area contributed by atoms with Crippen molar-refractivity contribution in [3.8, 4) is 0 Å². The van der Waals surface area contributed by atoms with E-state index in [1.807, 2.05) is 32.2 Å². The molecule has 0 radical (unpaired) electrons. The third kappa shape index (κ3) is 3.20. The summed E-state index contributed by atoms with van der Waals surface area (Å²) in [4.78, 5) is 21.3. The van der Waals surface area contributed by atoms with Crippen LogP contribution in [0.15, 0.2) is 17.8 Å². The number of thiophene rings is 1. The first-order valence-electron chi connectivity index (χ1n) is 6.37. The van der Waals surface area contributed by atoms with Gasteiger partial charge in [-0.2, -0.15) is 0 Å². The standard InChI is InChI=1S/C13H18N4OS/c1-4-8(2)16-12(18)9(3)17-11-10-5-6-19-13(10)15-7-14-11/h5-9H,4H2,1-3H3,(H,16,18)(H,14,15,17). The summed E-state index contributed by atoms with van der Waals surface area (Å²) >= 11 is 1.56. The maximum atomic E-state index is 12.0. The molecule has 0 aliphatic heterocycles. The van der Waals surface area contributed by atoms with Gasteiger partial charge in [0.25, 0.3) is 0 Å². The van der Waals surface area contributed by atoms with Gasteiger partial charge in [0, 0.05) is 6.04 Å². The first-order valence-corrected chi connectivity index (χ1v) is 7.25. The van der Waals surface area contributed by atoms with Crippen molar-refractivity contribution in [1.29, 1.82) is 0 Å². The molecule has 2 aromatic rings. The van der Waals surface area contributed by atoms with Gasteiger partial charge in [0.1, 0.15) is 23.0 Å². The molecule has 0 fully saturated rings. The number of aromatic nitrogens is 2. The van der Waals surface area contributed by atoms with Crippen LogP contribution in [0.5, 0.6) is 0 Å². The van der Waals surface area contributed by atoms with E-state index in [4.69, 9.17) is 0 Å². The van der Waals surface area contributed by atoms with E-state index in [0.717, 1.165) is 16.6 Å². The van der Waals surface area contributed by atoms with E-state index in [0.29, 0.717) is 5.82 Å². The molecule has 0 saturated heterocycles. The van der Waals surface area contributed by atoms with Crippen molar-refractivity contribution in [2.24, 2.45) is 0 Å². The van der Waals surface area contributed by atoms with Gasteiger partial charge in [-0.3, -0.25) is 4.79 Å². The van der Waals surface area contributed by atoms with Crippen LogP contribution in [0.25, 0.3) is 10.2 Å². The molecule has 0 aromatic carbocycles. The van der Waals surface area contributed by atoms with Crippen molar-refractivity contribution < 1.29 is 4.79 Å². The van der Waals surface area contributed by atoms with Crippen molar-refractivity contribution in [1.82, 2.24) is 15.3 Å². The fourth-order valence-electron chi connectivity index (χ4n) is 1.65. The Kier molecular flexibility index (Phi) is 4.31. The lowest BCUT2D eigenvalue weighted by molar-refractivity contribution is -0.122. The molecule has 2 rings (SSSR count). The van der Waals surface area contributed by atoms with E-state index >= 15 is 0 Å². The lowest BCUT2D eigenvalue weighted by Crippen LogP contribution is -2.42. The number of anilines is 1. The Labute approximate surface area is 116 Å². The van der Waals surface area contributed by atoms with E-state index < -0.39 is 0 Å². The zero-order chi connectivity index (χ0) is 13.8. The molecule has 0 aliphatic rings. The lowest BCUT2D eigenvalue weighted by Gasteiger charge is -2.18. The first-order chi connectivity index (χ1) is 9.11. The largest absolute Gasteiger partial charge is 0.358 e. The van der Waals surface area contributed by atoms with Gasteiger partial charge in [-0.15, -0.1) is 11.3 Å². The SMILES string of the molecule is CCC(C)NC(=O)C(C)Nc1ncnc2sccc12. The van der Waals surface area contributed by atoms with Crippen molar-refractivity contribution >= 4 is 33.3 Å². The predicted molar refractivity (Wildman–Crippen MR) is 78.4 cm³/mol. The summed E-state index contributed by atoms with van der Waals surface area (Å²) in [6.45, 7) is 5.87. The molecular weight excluding hydrogens is 260 g/mol. The van der Waals surface area contributed by atoms with Gasteiger partial charge >= 0.3 is 0 Å². The summed E-state index contributed by atoms with van der Waals surface area (Å²) in [5.41, 5.74) is 0. The summed E-state index contributed by atoms with van der Waals surface area (Å²) in [6.07, 6.45) is 2.43. The number of hydrogen-bond acceptors (Lipinski definition) is 5. The second-order valence-corrected chi connectivity index (χ2v) is 5.44. The first kappa shape index (κ1) is 13.7. The van der Waals surface area contributed by atoms with Crippen LogP contribution < -0.4 is 10.6 Å². The zero-order valence-corrected chi connectivity index (χ0v) is 12.1. The molecule has 0 bridgehead atoms. The highest BCUT2D eigenvalue weighted by atomic mass is 32.1. The van der Waals surface area contributed by atoms with Crippen LogP contribution in [0.1, 0.15) is 27.2 Å². The third-order valence-corrected chi connectivity index (χ3v) is 3.83. The smallest absolute Gasteiger partial charge is 0.242 e. The molecule has 0 saturated carbocycles. The maximum absolute atomic E-state index is 12.0. The fourth-order valence-corrected chi connectivity index (χ4v) is 2.38. The summed E-state index contributed by atoms with van der Waals surface area (Å²) in [6, 6.07) is 1.82. The summed E-state index contributed by atoms with van der Waals surface area (Å²) in [5.74, 6) is 0.689. The number of carbonyl (C=O) groups excluding carboxylic acids is 1. The van der Waals surface area contributed by atoms with Gasteiger partial charge in [0.05, 0.1) is 5.39 Å². The highest BCUT2D eigenvalue weighted by Crippen LogP contribution is 2.24. The van der Waals surface area contributed by atoms with E-state index in [1.165, 1.54) is 6.33 Å². The second-order valence-electron chi connectivity index (χ2n) is 4.55. The quantitative estimate of drug-likeness (QED) is 0.881. The van der Waals surface area contributed by atoms with Crippen molar-refractivity contribution in [2.75, 3.05) is 5.32 Å². The second kappa shape index (κ2) is 5.97. The van der Waals surface area contributed by atoms with Gasteiger partial charge in [0.15, 0.2) is 0 Å². The van der Waals surface area contributed by atoms with Gasteiger partial charge in [-0.1, -0.05) is 6.92 Å². The Morgan fingerprint density at radius 2 is 2.21 bits per heavy atom. The van der Waals surface area contributed by atoms with Crippen LogP contribution in [0.4, 0.5) is 5.82 Å². The van der Waals surface area contributed by atoms with Crippen LogP contribution >= 0.6 is 11.3 Å². The van der Waals surface area contributed by atoms with Crippen LogP contribution in [0.3, 0.4) is 0 Å². The molecule has 0 spiro atoms. The van der Waals surface area contributed by atoms with E-state index in [1.54, 1.807) is 11.3 Å².